The number of hydrogen-bond acceptors (Lipinski definition) is 4. The molecule has 0 aliphatic rings. The fourth-order valence-electron chi connectivity index (χ4n) is 1.49. The van der Waals surface area contributed by atoms with E-state index < -0.39 is 23.8 Å². The molecule has 0 saturated heterocycles. The number of ether oxygens (including phenoxy) is 1. The van der Waals surface area contributed by atoms with Gasteiger partial charge in [-0.3, -0.25) is 10.1 Å². The molecule has 0 fully saturated rings. The van der Waals surface area contributed by atoms with Gasteiger partial charge in [0, 0.05) is 5.69 Å². The average molecular weight is 281 g/mol. The third-order valence-corrected chi connectivity index (χ3v) is 2.31. The predicted octanol–water partition coefficient (Wildman–Crippen LogP) is 2.54. The first-order valence-electron chi connectivity index (χ1n) is 6.17. The highest BCUT2D eigenvalue weighted by Gasteiger charge is 2.16. The van der Waals surface area contributed by atoms with Crippen LogP contribution in [0.5, 0.6) is 0 Å². The summed E-state index contributed by atoms with van der Waals surface area (Å²) in [4.78, 5) is 22.0. The molecule has 0 spiro atoms. The average Bonchev–Trinajstić information content (AvgIpc) is 2.26. The number of carbonyl (C=O) groups excluding carboxylic acids is 1. The largest absolute Gasteiger partial charge is 0.481 e. The molecule has 0 radical (unpaired) electrons. The SMILES string of the molecule is CC(C)(C)OC(=O)Nc1ccc([C@H](O)CC(=O)O)cc1. The maximum absolute atomic E-state index is 11.5. The van der Waals surface area contributed by atoms with E-state index in [1.165, 1.54) is 0 Å². The molecular weight excluding hydrogens is 262 g/mol. The van der Waals surface area contributed by atoms with Crippen molar-refractivity contribution in [1.82, 2.24) is 0 Å². The van der Waals surface area contributed by atoms with Gasteiger partial charge in [-0.25, -0.2) is 4.79 Å². The van der Waals surface area contributed by atoms with Crippen molar-refractivity contribution in [2.75, 3.05) is 5.32 Å². The minimum absolute atomic E-state index is 0.362. The fourth-order valence-corrected chi connectivity index (χ4v) is 1.49. The Balaban J connectivity index is 2.63. The van der Waals surface area contributed by atoms with Crippen molar-refractivity contribution in [3.05, 3.63) is 29.8 Å². The van der Waals surface area contributed by atoms with Crippen LogP contribution in [0.3, 0.4) is 0 Å². The summed E-state index contributed by atoms with van der Waals surface area (Å²) >= 11 is 0. The van der Waals surface area contributed by atoms with Gasteiger partial charge in [-0.2, -0.15) is 0 Å². The summed E-state index contributed by atoms with van der Waals surface area (Å²) in [7, 11) is 0. The van der Waals surface area contributed by atoms with Crippen molar-refractivity contribution in [2.45, 2.75) is 38.9 Å². The number of nitrogens with one attached hydrogen (secondary N) is 1. The summed E-state index contributed by atoms with van der Waals surface area (Å²) in [6, 6.07) is 6.26. The van der Waals surface area contributed by atoms with Crippen LogP contribution in [-0.4, -0.2) is 27.9 Å². The summed E-state index contributed by atoms with van der Waals surface area (Å²) in [5.41, 5.74) is 0.398. The second kappa shape index (κ2) is 6.38. The standard InChI is InChI=1S/C14H19NO5/c1-14(2,3)20-13(19)15-10-6-4-9(5-7-10)11(16)8-12(17)18/h4-7,11,16H,8H2,1-3H3,(H,15,19)(H,17,18)/t11-/m1/s1. The van der Waals surface area contributed by atoms with Crippen LogP contribution in [0, 0.1) is 0 Å². The zero-order chi connectivity index (χ0) is 15.3. The second-order valence-electron chi connectivity index (χ2n) is 5.36. The summed E-state index contributed by atoms with van der Waals surface area (Å²) in [5.74, 6) is -1.08. The third-order valence-electron chi connectivity index (χ3n) is 2.31. The first-order chi connectivity index (χ1) is 9.17. The number of hydrogen-bond donors (Lipinski definition) is 3. The molecule has 1 atom stereocenters. The molecule has 3 N–H and O–H groups in total. The minimum Gasteiger partial charge on any atom is -0.481 e. The molecule has 0 saturated carbocycles. The van der Waals surface area contributed by atoms with E-state index in [9.17, 15) is 14.7 Å². The Morgan fingerprint density at radius 2 is 1.80 bits per heavy atom. The van der Waals surface area contributed by atoms with Crippen molar-refractivity contribution < 1.29 is 24.5 Å². The summed E-state index contributed by atoms with van der Waals surface area (Å²) in [6.45, 7) is 5.29. The Kier molecular flexibility index (Phi) is 5.10. The topological polar surface area (TPSA) is 95.9 Å². The van der Waals surface area contributed by atoms with Crippen LogP contribution in [0.25, 0.3) is 0 Å². The van der Waals surface area contributed by atoms with Gasteiger partial charge >= 0.3 is 12.1 Å². The van der Waals surface area contributed by atoms with Crippen LogP contribution in [0.4, 0.5) is 10.5 Å². The third kappa shape index (κ3) is 5.71. The lowest BCUT2D eigenvalue weighted by Gasteiger charge is -2.19. The number of aliphatic hydroxyl groups is 1. The maximum atomic E-state index is 11.5. The zero-order valence-corrected chi connectivity index (χ0v) is 11.7. The number of aliphatic carboxylic acids is 1. The van der Waals surface area contributed by atoms with E-state index in [2.05, 4.69) is 5.32 Å². The van der Waals surface area contributed by atoms with Crippen molar-refractivity contribution in [1.29, 1.82) is 0 Å². The quantitative estimate of drug-likeness (QED) is 0.788. The summed E-state index contributed by atoms with van der Waals surface area (Å²) in [5, 5.41) is 20.8. The van der Waals surface area contributed by atoms with E-state index in [1.807, 2.05) is 0 Å². The number of anilines is 1. The lowest BCUT2D eigenvalue weighted by molar-refractivity contribution is -0.139. The van der Waals surface area contributed by atoms with Crippen LogP contribution < -0.4 is 5.32 Å². The highest BCUT2D eigenvalue weighted by atomic mass is 16.6. The van der Waals surface area contributed by atoms with Crippen molar-refractivity contribution >= 4 is 17.7 Å². The monoisotopic (exact) mass is 281 g/mol. The first kappa shape index (κ1) is 16.0. The smallest absolute Gasteiger partial charge is 0.412 e. The first-order valence-corrected chi connectivity index (χ1v) is 6.17. The summed E-state index contributed by atoms with van der Waals surface area (Å²) in [6.07, 6.45) is -2.00. The number of rotatable bonds is 4. The van der Waals surface area contributed by atoms with Crippen LogP contribution in [-0.2, 0) is 9.53 Å². The van der Waals surface area contributed by atoms with Gasteiger partial charge in [0.1, 0.15) is 5.60 Å². The van der Waals surface area contributed by atoms with E-state index in [0.717, 1.165) is 0 Å². The summed E-state index contributed by atoms with van der Waals surface area (Å²) < 4.78 is 5.09. The van der Waals surface area contributed by atoms with Crippen molar-refractivity contribution in [3.63, 3.8) is 0 Å². The van der Waals surface area contributed by atoms with Gasteiger partial charge in [0.25, 0.3) is 0 Å². The maximum Gasteiger partial charge on any atom is 0.412 e. The van der Waals surface area contributed by atoms with Gasteiger partial charge in [-0.1, -0.05) is 12.1 Å². The van der Waals surface area contributed by atoms with E-state index in [-0.39, 0.29) is 6.42 Å². The Morgan fingerprint density at radius 1 is 1.25 bits per heavy atom. The van der Waals surface area contributed by atoms with Gasteiger partial charge in [0.15, 0.2) is 0 Å². The number of carbonyl (C=O) groups is 2. The molecule has 6 heteroatoms. The van der Waals surface area contributed by atoms with Gasteiger partial charge in [-0.05, 0) is 38.5 Å². The van der Waals surface area contributed by atoms with Gasteiger partial charge < -0.3 is 14.9 Å². The highest BCUT2D eigenvalue weighted by molar-refractivity contribution is 5.84. The molecule has 0 unspecified atom stereocenters. The number of carboxylic acid groups (broad SMARTS) is 1. The van der Waals surface area contributed by atoms with Gasteiger partial charge in [0.05, 0.1) is 12.5 Å². The molecule has 1 aromatic carbocycles. The Morgan fingerprint density at radius 3 is 2.25 bits per heavy atom. The Labute approximate surface area is 117 Å². The Bertz CT molecular complexity index is 475. The van der Waals surface area contributed by atoms with E-state index in [0.29, 0.717) is 11.3 Å². The lowest BCUT2D eigenvalue weighted by atomic mass is 10.1. The lowest BCUT2D eigenvalue weighted by Crippen LogP contribution is -2.27. The molecule has 6 nitrogen and oxygen atoms in total. The highest BCUT2D eigenvalue weighted by Crippen LogP contribution is 2.19. The Hall–Kier alpha value is -2.08. The minimum atomic E-state index is -1.08. The van der Waals surface area contributed by atoms with Crippen LogP contribution >= 0.6 is 0 Å². The van der Waals surface area contributed by atoms with Gasteiger partial charge in [-0.15, -0.1) is 0 Å². The van der Waals surface area contributed by atoms with E-state index in [1.54, 1.807) is 45.0 Å². The van der Waals surface area contributed by atoms with Crippen LogP contribution in [0.1, 0.15) is 38.9 Å². The number of carboxylic acids is 1. The molecule has 0 heterocycles. The number of amides is 1. The number of benzene rings is 1. The molecule has 1 rings (SSSR count). The molecule has 0 aliphatic heterocycles. The molecule has 20 heavy (non-hydrogen) atoms. The van der Waals surface area contributed by atoms with E-state index in [4.69, 9.17) is 9.84 Å². The van der Waals surface area contributed by atoms with Crippen LogP contribution in [0.15, 0.2) is 24.3 Å². The predicted molar refractivity (Wildman–Crippen MR) is 73.5 cm³/mol. The molecule has 1 amide bonds. The molecule has 110 valence electrons. The normalized spacial score (nSPS) is 12.6. The molecule has 0 bridgehead atoms. The van der Waals surface area contributed by atoms with Crippen LogP contribution in [0.2, 0.25) is 0 Å². The van der Waals surface area contributed by atoms with Crippen molar-refractivity contribution in [2.24, 2.45) is 0 Å². The zero-order valence-electron chi connectivity index (χ0n) is 11.7. The second-order valence-corrected chi connectivity index (χ2v) is 5.36. The fraction of sp³-hybridized carbons (Fsp3) is 0.429. The number of aliphatic hydroxyl groups excluding tert-OH is 1. The van der Waals surface area contributed by atoms with Crippen molar-refractivity contribution in [3.8, 4) is 0 Å². The molecule has 1 aromatic rings. The van der Waals surface area contributed by atoms with E-state index >= 15 is 0 Å². The molecule has 0 aliphatic carbocycles. The molecular formula is C14H19NO5. The van der Waals surface area contributed by atoms with Gasteiger partial charge in [0.2, 0.25) is 0 Å². The molecule has 0 aromatic heterocycles.